The molecule has 0 aliphatic carbocycles. The van der Waals surface area contributed by atoms with Crippen LogP contribution in [0.2, 0.25) is 5.28 Å². The summed E-state index contributed by atoms with van der Waals surface area (Å²) >= 11 is 6.06. The Bertz CT molecular complexity index is 742. The van der Waals surface area contributed by atoms with Crippen molar-refractivity contribution >= 4 is 11.6 Å². The van der Waals surface area contributed by atoms with Crippen LogP contribution in [0, 0.1) is 0 Å². The lowest BCUT2D eigenvalue weighted by atomic mass is 10.1. The molecule has 0 radical (unpaired) electrons. The Morgan fingerprint density at radius 2 is 1.38 bits per heavy atom. The van der Waals surface area contributed by atoms with Crippen molar-refractivity contribution in [2.75, 3.05) is 7.11 Å². The second-order valence-corrected chi connectivity index (χ2v) is 4.84. The third kappa shape index (κ3) is 3.03. The Kier molecular flexibility index (Phi) is 3.84. The zero-order valence-electron chi connectivity index (χ0n) is 11.5. The molecule has 3 rings (SSSR count). The van der Waals surface area contributed by atoms with Gasteiger partial charge in [-0.15, -0.1) is 0 Å². The molecule has 0 aliphatic heterocycles. The van der Waals surface area contributed by atoms with E-state index in [1.54, 1.807) is 7.11 Å². The van der Waals surface area contributed by atoms with E-state index in [0.717, 1.165) is 28.3 Å². The van der Waals surface area contributed by atoms with Gasteiger partial charge in [-0.05, 0) is 41.9 Å². The summed E-state index contributed by atoms with van der Waals surface area (Å²) in [6, 6.07) is 19.5. The Hall–Kier alpha value is -2.39. The maximum Gasteiger partial charge on any atom is 0.223 e. The van der Waals surface area contributed by atoms with E-state index in [1.165, 1.54) is 0 Å². The lowest BCUT2D eigenvalue weighted by Gasteiger charge is -2.06. The van der Waals surface area contributed by atoms with Gasteiger partial charge in [0.15, 0.2) is 0 Å². The van der Waals surface area contributed by atoms with Gasteiger partial charge < -0.3 is 4.74 Å². The van der Waals surface area contributed by atoms with Crippen molar-refractivity contribution in [2.24, 2.45) is 0 Å². The van der Waals surface area contributed by atoms with Gasteiger partial charge in [-0.3, -0.25) is 0 Å². The van der Waals surface area contributed by atoms with E-state index in [9.17, 15) is 0 Å². The van der Waals surface area contributed by atoms with Crippen LogP contribution in [0.3, 0.4) is 0 Å². The summed E-state index contributed by atoms with van der Waals surface area (Å²) in [4.78, 5) is 8.59. The lowest BCUT2D eigenvalue weighted by molar-refractivity contribution is 0.415. The highest BCUT2D eigenvalue weighted by Gasteiger charge is 2.07. The van der Waals surface area contributed by atoms with Crippen LogP contribution in [0.15, 0.2) is 60.7 Å². The molecule has 2 aromatic carbocycles. The fourth-order valence-electron chi connectivity index (χ4n) is 2.08. The molecule has 0 atom stereocenters. The number of methoxy groups -OCH3 is 1. The molecule has 0 N–H and O–H groups in total. The summed E-state index contributed by atoms with van der Waals surface area (Å²) in [6.07, 6.45) is 0. The van der Waals surface area contributed by atoms with Crippen LogP contribution in [0.25, 0.3) is 22.5 Å². The molecule has 0 spiro atoms. The van der Waals surface area contributed by atoms with Crippen molar-refractivity contribution in [3.8, 4) is 28.3 Å². The van der Waals surface area contributed by atoms with Crippen molar-refractivity contribution < 1.29 is 4.74 Å². The Balaban J connectivity index is 2.05. The first-order valence-corrected chi connectivity index (χ1v) is 6.88. The van der Waals surface area contributed by atoms with Crippen LogP contribution in [0.4, 0.5) is 0 Å². The normalized spacial score (nSPS) is 10.4. The zero-order valence-corrected chi connectivity index (χ0v) is 12.2. The van der Waals surface area contributed by atoms with E-state index in [-0.39, 0.29) is 5.28 Å². The molecule has 0 saturated carbocycles. The second kappa shape index (κ2) is 5.94. The van der Waals surface area contributed by atoms with Crippen LogP contribution in [-0.4, -0.2) is 17.1 Å². The third-order valence-corrected chi connectivity index (χ3v) is 3.32. The Morgan fingerprint density at radius 3 is 1.95 bits per heavy atom. The molecule has 0 unspecified atom stereocenters. The van der Waals surface area contributed by atoms with Crippen molar-refractivity contribution in [1.82, 2.24) is 9.97 Å². The monoisotopic (exact) mass is 296 g/mol. The molecule has 1 aromatic heterocycles. The molecule has 3 nitrogen and oxygen atoms in total. The van der Waals surface area contributed by atoms with Gasteiger partial charge in [0.05, 0.1) is 18.5 Å². The summed E-state index contributed by atoms with van der Waals surface area (Å²) < 4.78 is 5.16. The number of hydrogen-bond acceptors (Lipinski definition) is 3. The second-order valence-electron chi connectivity index (χ2n) is 4.50. The highest BCUT2D eigenvalue weighted by molar-refractivity contribution is 6.28. The van der Waals surface area contributed by atoms with Crippen molar-refractivity contribution in [3.05, 3.63) is 65.9 Å². The van der Waals surface area contributed by atoms with Crippen LogP contribution in [0.5, 0.6) is 5.75 Å². The minimum Gasteiger partial charge on any atom is -0.497 e. The molecule has 1 heterocycles. The van der Waals surface area contributed by atoms with E-state index in [1.807, 2.05) is 60.7 Å². The largest absolute Gasteiger partial charge is 0.497 e. The number of rotatable bonds is 3. The first-order chi connectivity index (χ1) is 10.3. The highest BCUT2D eigenvalue weighted by atomic mass is 35.5. The standard InChI is InChI=1S/C17H13ClN2O/c1-21-14-9-7-13(8-10-14)16-11-15(19-17(18)20-16)12-5-3-2-4-6-12/h2-11H,1H3. The number of aromatic nitrogens is 2. The third-order valence-electron chi connectivity index (χ3n) is 3.15. The number of halogens is 1. The minimum absolute atomic E-state index is 0.238. The van der Waals surface area contributed by atoms with Crippen LogP contribution >= 0.6 is 11.6 Å². The van der Waals surface area contributed by atoms with E-state index in [4.69, 9.17) is 16.3 Å². The summed E-state index contributed by atoms with van der Waals surface area (Å²) in [6.45, 7) is 0. The van der Waals surface area contributed by atoms with E-state index in [0.29, 0.717) is 0 Å². The SMILES string of the molecule is COc1ccc(-c2cc(-c3ccccc3)nc(Cl)n2)cc1. The predicted molar refractivity (Wildman–Crippen MR) is 84.5 cm³/mol. The number of nitrogens with zero attached hydrogens (tertiary/aromatic N) is 2. The summed E-state index contributed by atoms with van der Waals surface area (Å²) in [5.74, 6) is 0.808. The number of ether oxygens (including phenoxy) is 1. The molecule has 0 aliphatic rings. The van der Waals surface area contributed by atoms with Gasteiger partial charge in [0.1, 0.15) is 5.75 Å². The Labute approximate surface area is 128 Å². The summed E-state index contributed by atoms with van der Waals surface area (Å²) in [5.41, 5.74) is 3.58. The molecule has 3 aromatic rings. The van der Waals surface area contributed by atoms with Gasteiger partial charge in [0, 0.05) is 11.1 Å². The van der Waals surface area contributed by atoms with Crippen molar-refractivity contribution in [2.45, 2.75) is 0 Å². The summed E-state index contributed by atoms with van der Waals surface area (Å²) in [5, 5.41) is 0.238. The van der Waals surface area contributed by atoms with Crippen LogP contribution in [0.1, 0.15) is 0 Å². The van der Waals surface area contributed by atoms with Gasteiger partial charge >= 0.3 is 0 Å². The van der Waals surface area contributed by atoms with Gasteiger partial charge in [-0.2, -0.15) is 0 Å². The highest BCUT2D eigenvalue weighted by Crippen LogP contribution is 2.26. The lowest BCUT2D eigenvalue weighted by Crippen LogP contribution is -1.92. The molecule has 0 fully saturated rings. The number of hydrogen-bond donors (Lipinski definition) is 0. The smallest absolute Gasteiger partial charge is 0.223 e. The molecule has 0 amide bonds. The van der Waals surface area contributed by atoms with Crippen LogP contribution < -0.4 is 4.74 Å². The first kappa shape index (κ1) is 13.6. The van der Waals surface area contributed by atoms with Crippen molar-refractivity contribution in [3.63, 3.8) is 0 Å². The van der Waals surface area contributed by atoms with Crippen LogP contribution in [-0.2, 0) is 0 Å². The molecular weight excluding hydrogens is 284 g/mol. The molecular formula is C17H13ClN2O. The molecule has 104 valence electrons. The van der Waals surface area contributed by atoms with E-state index >= 15 is 0 Å². The van der Waals surface area contributed by atoms with Gasteiger partial charge in [0.2, 0.25) is 5.28 Å². The fraction of sp³-hybridized carbons (Fsp3) is 0.0588. The first-order valence-electron chi connectivity index (χ1n) is 6.51. The quantitative estimate of drug-likeness (QED) is 0.669. The van der Waals surface area contributed by atoms with Gasteiger partial charge in [-0.1, -0.05) is 30.3 Å². The molecule has 0 bridgehead atoms. The zero-order chi connectivity index (χ0) is 14.7. The minimum atomic E-state index is 0.238. The maximum atomic E-state index is 6.06. The van der Waals surface area contributed by atoms with Gasteiger partial charge in [-0.25, -0.2) is 9.97 Å². The molecule has 4 heteroatoms. The average Bonchev–Trinajstić information content (AvgIpc) is 2.55. The number of benzene rings is 2. The van der Waals surface area contributed by atoms with E-state index in [2.05, 4.69) is 9.97 Å². The maximum absolute atomic E-state index is 6.06. The van der Waals surface area contributed by atoms with E-state index < -0.39 is 0 Å². The predicted octanol–water partition coefficient (Wildman–Crippen LogP) is 4.47. The molecule has 0 saturated heterocycles. The molecule has 21 heavy (non-hydrogen) atoms. The van der Waals surface area contributed by atoms with Crippen molar-refractivity contribution in [1.29, 1.82) is 0 Å². The Morgan fingerprint density at radius 1 is 0.810 bits per heavy atom. The summed E-state index contributed by atoms with van der Waals surface area (Å²) in [7, 11) is 1.64. The topological polar surface area (TPSA) is 35.0 Å². The fourth-order valence-corrected chi connectivity index (χ4v) is 2.27. The van der Waals surface area contributed by atoms with Gasteiger partial charge in [0.25, 0.3) is 0 Å². The average molecular weight is 297 g/mol.